The van der Waals surface area contributed by atoms with E-state index in [1.807, 2.05) is 55.7 Å². The molecule has 4 rings (SSSR count). The van der Waals surface area contributed by atoms with Crippen molar-refractivity contribution in [3.05, 3.63) is 78.1 Å². The second-order valence-corrected chi connectivity index (χ2v) is 7.62. The summed E-state index contributed by atoms with van der Waals surface area (Å²) >= 11 is 0. The molecule has 1 atom stereocenters. The van der Waals surface area contributed by atoms with Gasteiger partial charge in [-0.1, -0.05) is 12.1 Å². The van der Waals surface area contributed by atoms with E-state index in [0.29, 0.717) is 11.6 Å². The molecule has 0 bridgehead atoms. The van der Waals surface area contributed by atoms with Crippen LogP contribution in [0.4, 0.5) is 5.69 Å². The normalized spacial score (nSPS) is 17.2. The van der Waals surface area contributed by atoms with E-state index >= 15 is 0 Å². The van der Waals surface area contributed by atoms with Crippen molar-refractivity contribution in [2.24, 2.45) is 0 Å². The molecule has 1 aliphatic rings. The van der Waals surface area contributed by atoms with Gasteiger partial charge < -0.3 is 10.2 Å². The van der Waals surface area contributed by atoms with E-state index in [4.69, 9.17) is 0 Å². The molecule has 0 spiro atoms. The highest BCUT2D eigenvalue weighted by Crippen LogP contribution is 2.19. The first-order valence-corrected chi connectivity index (χ1v) is 10.0. The highest BCUT2D eigenvalue weighted by Gasteiger charge is 2.17. The zero-order valence-corrected chi connectivity index (χ0v) is 17.0. The van der Waals surface area contributed by atoms with Gasteiger partial charge >= 0.3 is 0 Å². The number of nitrogens with zero attached hydrogens (tertiary/aromatic N) is 4. The molecule has 0 aliphatic carbocycles. The van der Waals surface area contributed by atoms with E-state index in [2.05, 4.69) is 34.4 Å². The molecule has 1 saturated heterocycles. The molecule has 2 heterocycles. The predicted molar refractivity (Wildman–Crippen MR) is 115 cm³/mol. The van der Waals surface area contributed by atoms with Crippen LogP contribution in [0.3, 0.4) is 0 Å². The average molecular weight is 390 g/mol. The number of hydrogen-bond acceptors (Lipinski definition) is 4. The van der Waals surface area contributed by atoms with E-state index in [9.17, 15) is 4.79 Å². The first kappa shape index (κ1) is 19.4. The fourth-order valence-corrected chi connectivity index (χ4v) is 3.73. The Morgan fingerprint density at radius 3 is 2.59 bits per heavy atom. The van der Waals surface area contributed by atoms with Crippen LogP contribution in [0.25, 0.3) is 5.69 Å². The first-order chi connectivity index (χ1) is 14.1. The maximum Gasteiger partial charge on any atom is 0.258 e. The summed E-state index contributed by atoms with van der Waals surface area (Å²) in [7, 11) is 1.82. The van der Waals surface area contributed by atoms with Crippen molar-refractivity contribution in [3.8, 4) is 5.69 Å². The first-order valence-electron chi connectivity index (χ1n) is 10.0. The summed E-state index contributed by atoms with van der Waals surface area (Å²) < 4.78 is 1.77. The van der Waals surface area contributed by atoms with Crippen molar-refractivity contribution in [2.45, 2.75) is 19.5 Å². The second-order valence-electron chi connectivity index (χ2n) is 7.62. The lowest BCUT2D eigenvalue weighted by molar-refractivity contribution is 0.0993. The van der Waals surface area contributed by atoms with Crippen molar-refractivity contribution in [1.29, 1.82) is 0 Å². The number of nitrogens with one attached hydrogen (secondary N) is 1. The van der Waals surface area contributed by atoms with Gasteiger partial charge in [-0.25, -0.2) is 4.68 Å². The van der Waals surface area contributed by atoms with E-state index in [-0.39, 0.29) is 5.91 Å². The molecule has 1 amide bonds. The maximum atomic E-state index is 12.9. The number of anilines is 1. The molecule has 2 aromatic carbocycles. The number of aromatic nitrogens is 2. The molecule has 150 valence electrons. The van der Waals surface area contributed by atoms with Crippen LogP contribution in [-0.4, -0.2) is 53.3 Å². The van der Waals surface area contributed by atoms with E-state index in [1.165, 1.54) is 5.56 Å². The SMILES string of the molecule is C[C@H]1CN(Cc2ccc(N(C)C(=O)c3ccc(-n4cccn4)cc3)cc2)CCN1. The number of rotatable bonds is 5. The zero-order valence-electron chi connectivity index (χ0n) is 17.0. The highest BCUT2D eigenvalue weighted by atomic mass is 16.2. The van der Waals surface area contributed by atoms with Crippen LogP contribution in [0.2, 0.25) is 0 Å². The lowest BCUT2D eigenvalue weighted by atomic mass is 10.1. The van der Waals surface area contributed by atoms with E-state index in [1.54, 1.807) is 15.8 Å². The molecule has 0 saturated carbocycles. The highest BCUT2D eigenvalue weighted by molar-refractivity contribution is 6.05. The third-order valence-electron chi connectivity index (χ3n) is 5.37. The lowest BCUT2D eigenvalue weighted by Crippen LogP contribution is -2.48. The van der Waals surface area contributed by atoms with Gasteiger partial charge in [0.1, 0.15) is 0 Å². The summed E-state index contributed by atoms with van der Waals surface area (Å²) in [6.07, 6.45) is 3.62. The molecule has 1 N–H and O–H groups in total. The van der Waals surface area contributed by atoms with Gasteiger partial charge in [-0.15, -0.1) is 0 Å². The summed E-state index contributed by atoms with van der Waals surface area (Å²) in [5.74, 6) is -0.0271. The molecular weight excluding hydrogens is 362 g/mol. The molecule has 1 aromatic heterocycles. The van der Waals surface area contributed by atoms with Crippen molar-refractivity contribution in [1.82, 2.24) is 20.0 Å². The zero-order chi connectivity index (χ0) is 20.2. The summed E-state index contributed by atoms with van der Waals surface area (Å²) in [5.41, 5.74) is 3.75. The monoisotopic (exact) mass is 389 g/mol. The van der Waals surface area contributed by atoms with Crippen LogP contribution in [0, 0.1) is 0 Å². The lowest BCUT2D eigenvalue weighted by Gasteiger charge is -2.31. The molecule has 1 aliphatic heterocycles. The second kappa shape index (κ2) is 8.59. The fraction of sp³-hybridized carbons (Fsp3) is 0.304. The number of hydrogen-bond donors (Lipinski definition) is 1. The summed E-state index contributed by atoms with van der Waals surface area (Å²) in [6, 6.07) is 18.2. The standard InChI is InChI=1S/C23H27N5O/c1-18-16-27(15-13-24-18)17-19-4-8-21(9-5-19)26(2)23(29)20-6-10-22(11-7-20)28-14-3-12-25-28/h3-12,14,18,24H,13,15-17H2,1-2H3/t18-/m0/s1. The van der Waals surface area contributed by atoms with Crippen LogP contribution in [0.15, 0.2) is 67.0 Å². The summed E-state index contributed by atoms with van der Waals surface area (Å²) in [5, 5.41) is 7.68. The Morgan fingerprint density at radius 1 is 1.17 bits per heavy atom. The minimum atomic E-state index is -0.0271. The van der Waals surface area contributed by atoms with Crippen molar-refractivity contribution >= 4 is 11.6 Å². The third kappa shape index (κ3) is 4.55. The minimum absolute atomic E-state index is 0.0271. The topological polar surface area (TPSA) is 53.4 Å². The number of amides is 1. The number of benzene rings is 2. The van der Waals surface area contributed by atoms with Crippen LogP contribution in [0.5, 0.6) is 0 Å². The van der Waals surface area contributed by atoms with E-state index in [0.717, 1.165) is 37.6 Å². The Morgan fingerprint density at radius 2 is 1.93 bits per heavy atom. The van der Waals surface area contributed by atoms with Crippen molar-refractivity contribution < 1.29 is 4.79 Å². The number of piperazine rings is 1. The van der Waals surface area contributed by atoms with Gasteiger partial charge in [0.05, 0.1) is 5.69 Å². The van der Waals surface area contributed by atoms with E-state index < -0.39 is 0 Å². The smallest absolute Gasteiger partial charge is 0.258 e. The van der Waals surface area contributed by atoms with Crippen LogP contribution < -0.4 is 10.2 Å². The molecule has 6 nitrogen and oxygen atoms in total. The molecular formula is C23H27N5O. The van der Waals surface area contributed by atoms with Gasteiger partial charge in [0.2, 0.25) is 0 Å². The van der Waals surface area contributed by atoms with Gasteiger partial charge in [0.25, 0.3) is 5.91 Å². The summed E-state index contributed by atoms with van der Waals surface area (Å²) in [6.45, 7) is 6.33. The third-order valence-corrected chi connectivity index (χ3v) is 5.37. The van der Waals surface area contributed by atoms with Gasteiger partial charge in [0, 0.05) is 62.9 Å². The van der Waals surface area contributed by atoms with Gasteiger partial charge in [-0.3, -0.25) is 9.69 Å². The Labute approximate surface area is 171 Å². The largest absolute Gasteiger partial charge is 0.312 e. The Balaban J connectivity index is 1.40. The van der Waals surface area contributed by atoms with Crippen molar-refractivity contribution in [2.75, 3.05) is 31.6 Å². The molecule has 29 heavy (non-hydrogen) atoms. The van der Waals surface area contributed by atoms with Crippen LogP contribution >= 0.6 is 0 Å². The van der Waals surface area contributed by atoms with Gasteiger partial charge in [0.15, 0.2) is 0 Å². The molecule has 3 aromatic rings. The fourth-order valence-electron chi connectivity index (χ4n) is 3.73. The molecule has 0 radical (unpaired) electrons. The Kier molecular flexibility index (Phi) is 5.74. The minimum Gasteiger partial charge on any atom is -0.312 e. The molecule has 1 fully saturated rings. The maximum absolute atomic E-state index is 12.9. The quantitative estimate of drug-likeness (QED) is 0.729. The summed E-state index contributed by atoms with van der Waals surface area (Å²) in [4.78, 5) is 17.0. The molecule has 6 heteroatoms. The Bertz CT molecular complexity index is 934. The molecule has 0 unspecified atom stereocenters. The van der Waals surface area contributed by atoms with Gasteiger partial charge in [-0.05, 0) is 55.0 Å². The number of carbonyl (C=O) groups is 1. The predicted octanol–water partition coefficient (Wildman–Crippen LogP) is 2.94. The van der Waals surface area contributed by atoms with Gasteiger partial charge in [-0.2, -0.15) is 5.10 Å². The average Bonchev–Trinajstić information content (AvgIpc) is 3.28. The van der Waals surface area contributed by atoms with Crippen LogP contribution in [0.1, 0.15) is 22.8 Å². The Hall–Kier alpha value is -2.96. The van der Waals surface area contributed by atoms with Crippen LogP contribution in [-0.2, 0) is 6.54 Å². The number of carbonyl (C=O) groups excluding carboxylic acids is 1. The van der Waals surface area contributed by atoms with Crippen molar-refractivity contribution in [3.63, 3.8) is 0 Å².